The third kappa shape index (κ3) is 2.66. The number of nitrogens with one attached hydrogen (secondary N) is 1. The van der Waals surface area contributed by atoms with Crippen LogP contribution in [-0.2, 0) is 9.59 Å². The first kappa shape index (κ1) is 13.3. The monoisotopic (exact) mass is 254 g/mol. The molecule has 2 aliphatic rings. The fourth-order valence-corrected chi connectivity index (χ4v) is 2.89. The summed E-state index contributed by atoms with van der Waals surface area (Å²) in [4.78, 5) is 25.2. The molecule has 0 aromatic heterocycles. The van der Waals surface area contributed by atoms with Crippen molar-refractivity contribution < 1.29 is 14.7 Å². The van der Waals surface area contributed by atoms with Gasteiger partial charge in [-0.2, -0.15) is 0 Å². The average molecular weight is 254 g/mol. The number of carbonyl (C=O) groups excluding carboxylic acids is 1. The van der Waals surface area contributed by atoms with E-state index in [4.69, 9.17) is 0 Å². The Morgan fingerprint density at radius 1 is 1.44 bits per heavy atom. The number of carboxylic acid groups (broad SMARTS) is 1. The minimum Gasteiger partial charge on any atom is -0.480 e. The average Bonchev–Trinajstić information content (AvgIpc) is 3.01. The van der Waals surface area contributed by atoms with Crippen LogP contribution < -0.4 is 5.32 Å². The Kier molecular flexibility index (Phi) is 3.90. The third-order valence-electron chi connectivity index (χ3n) is 3.96. The molecule has 2 fully saturated rings. The molecule has 1 heterocycles. The highest BCUT2D eigenvalue weighted by atomic mass is 16.4. The lowest BCUT2D eigenvalue weighted by Gasteiger charge is -2.34. The zero-order valence-corrected chi connectivity index (χ0v) is 10.9. The maximum Gasteiger partial charge on any atom is 0.324 e. The van der Waals surface area contributed by atoms with Crippen LogP contribution in [0.15, 0.2) is 0 Å². The molecule has 102 valence electrons. The van der Waals surface area contributed by atoms with Gasteiger partial charge >= 0.3 is 5.97 Å². The molecule has 1 atom stereocenters. The van der Waals surface area contributed by atoms with Crippen molar-refractivity contribution in [1.29, 1.82) is 0 Å². The van der Waals surface area contributed by atoms with Crippen molar-refractivity contribution in [2.45, 2.75) is 57.0 Å². The smallest absolute Gasteiger partial charge is 0.324 e. The van der Waals surface area contributed by atoms with Gasteiger partial charge in [-0.05, 0) is 38.6 Å². The molecule has 5 heteroatoms. The third-order valence-corrected chi connectivity index (χ3v) is 3.96. The minimum atomic E-state index is -0.810. The maximum atomic E-state index is 11.8. The largest absolute Gasteiger partial charge is 0.480 e. The van der Waals surface area contributed by atoms with Gasteiger partial charge in [-0.15, -0.1) is 0 Å². The lowest BCUT2D eigenvalue weighted by atomic mass is 9.90. The number of carboxylic acids is 1. The van der Waals surface area contributed by atoms with Gasteiger partial charge in [0.2, 0.25) is 5.91 Å². The highest BCUT2D eigenvalue weighted by Crippen LogP contribution is 2.33. The molecule has 18 heavy (non-hydrogen) atoms. The fraction of sp³-hybridized carbons (Fsp3) is 0.846. The number of carbonyl (C=O) groups is 2. The zero-order valence-electron chi connectivity index (χ0n) is 10.9. The van der Waals surface area contributed by atoms with Crippen LogP contribution in [0.25, 0.3) is 0 Å². The Bertz CT molecular complexity index is 341. The quantitative estimate of drug-likeness (QED) is 0.741. The molecule has 5 nitrogen and oxygen atoms in total. The number of amides is 1. The molecule has 1 saturated carbocycles. The van der Waals surface area contributed by atoms with Crippen LogP contribution in [-0.4, -0.2) is 46.6 Å². The van der Waals surface area contributed by atoms with E-state index in [0.29, 0.717) is 25.4 Å². The van der Waals surface area contributed by atoms with Crippen molar-refractivity contribution >= 4 is 11.9 Å². The van der Waals surface area contributed by atoms with E-state index in [9.17, 15) is 14.7 Å². The molecular formula is C13H22N2O3. The number of nitrogens with zero attached hydrogens (tertiary/aromatic N) is 1. The second-order valence-corrected chi connectivity index (χ2v) is 5.45. The fourth-order valence-electron chi connectivity index (χ4n) is 2.89. The van der Waals surface area contributed by atoms with Gasteiger partial charge in [0.1, 0.15) is 5.54 Å². The Hall–Kier alpha value is -1.10. The van der Waals surface area contributed by atoms with E-state index >= 15 is 0 Å². The number of rotatable bonds is 6. The van der Waals surface area contributed by atoms with E-state index in [1.165, 1.54) is 0 Å². The summed E-state index contributed by atoms with van der Waals surface area (Å²) in [5.41, 5.74) is -0.810. The highest BCUT2D eigenvalue weighted by molar-refractivity contribution is 5.83. The summed E-state index contributed by atoms with van der Waals surface area (Å²) in [6, 6.07) is 0.338. The second kappa shape index (κ2) is 5.26. The maximum absolute atomic E-state index is 11.8. The Morgan fingerprint density at radius 2 is 2.17 bits per heavy atom. The molecule has 0 aromatic carbocycles. The molecular weight excluding hydrogens is 232 g/mol. The van der Waals surface area contributed by atoms with Crippen molar-refractivity contribution in [1.82, 2.24) is 10.2 Å². The Balaban J connectivity index is 1.99. The first-order chi connectivity index (χ1) is 8.58. The number of hydrogen-bond acceptors (Lipinski definition) is 3. The van der Waals surface area contributed by atoms with Crippen LogP contribution in [0, 0.1) is 0 Å². The Morgan fingerprint density at radius 3 is 2.72 bits per heavy atom. The van der Waals surface area contributed by atoms with E-state index in [-0.39, 0.29) is 12.5 Å². The summed E-state index contributed by atoms with van der Waals surface area (Å²) in [5.74, 6) is -0.804. The molecule has 2 rings (SSSR count). The number of aliphatic carboxylic acids is 1. The van der Waals surface area contributed by atoms with Gasteiger partial charge in [-0.1, -0.05) is 13.3 Å². The van der Waals surface area contributed by atoms with Gasteiger partial charge < -0.3 is 10.4 Å². The summed E-state index contributed by atoms with van der Waals surface area (Å²) in [7, 11) is 0. The van der Waals surface area contributed by atoms with Gasteiger partial charge in [0.25, 0.3) is 0 Å². The SMILES string of the molecule is CCCC1(C(=O)O)CCCN1CC(=O)NC1CC1. The van der Waals surface area contributed by atoms with Crippen molar-refractivity contribution in [3.63, 3.8) is 0 Å². The molecule has 0 spiro atoms. The summed E-state index contributed by atoms with van der Waals surface area (Å²) < 4.78 is 0. The van der Waals surface area contributed by atoms with Gasteiger partial charge in [0.05, 0.1) is 6.54 Å². The normalized spacial score (nSPS) is 28.3. The minimum absolute atomic E-state index is 0.0267. The number of likely N-dealkylation sites (tertiary alicyclic amines) is 1. The van der Waals surface area contributed by atoms with Crippen molar-refractivity contribution in [2.75, 3.05) is 13.1 Å². The molecule has 1 aliphatic carbocycles. The van der Waals surface area contributed by atoms with Gasteiger partial charge in [-0.25, -0.2) is 0 Å². The number of hydrogen-bond donors (Lipinski definition) is 2. The summed E-state index contributed by atoms with van der Waals surface area (Å²) >= 11 is 0. The Labute approximate surface area is 108 Å². The van der Waals surface area contributed by atoms with Crippen molar-refractivity contribution in [3.05, 3.63) is 0 Å². The molecule has 1 aliphatic heterocycles. The van der Waals surface area contributed by atoms with Crippen LogP contribution in [0.5, 0.6) is 0 Å². The molecule has 0 bridgehead atoms. The first-order valence-corrected chi connectivity index (χ1v) is 6.86. The highest BCUT2D eigenvalue weighted by Gasteiger charge is 2.47. The molecule has 1 unspecified atom stereocenters. The van der Waals surface area contributed by atoms with Gasteiger partial charge in [0, 0.05) is 6.04 Å². The lowest BCUT2D eigenvalue weighted by molar-refractivity contribution is -0.151. The summed E-state index contributed by atoms with van der Waals surface area (Å²) in [6.07, 6.45) is 5.09. The predicted molar refractivity (Wildman–Crippen MR) is 67.2 cm³/mol. The topological polar surface area (TPSA) is 69.6 Å². The molecule has 1 amide bonds. The van der Waals surface area contributed by atoms with E-state index in [0.717, 1.165) is 25.7 Å². The summed E-state index contributed by atoms with van der Waals surface area (Å²) in [6.45, 7) is 2.93. The van der Waals surface area contributed by atoms with E-state index < -0.39 is 11.5 Å². The van der Waals surface area contributed by atoms with E-state index in [1.807, 2.05) is 11.8 Å². The van der Waals surface area contributed by atoms with Crippen molar-refractivity contribution in [2.24, 2.45) is 0 Å². The molecule has 1 saturated heterocycles. The van der Waals surface area contributed by atoms with Crippen LogP contribution in [0.3, 0.4) is 0 Å². The van der Waals surface area contributed by atoms with Crippen molar-refractivity contribution in [3.8, 4) is 0 Å². The van der Waals surface area contributed by atoms with Crippen LogP contribution in [0.1, 0.15) is 45.4 Å². The molecule has 0 aromatic rings. The molecule has 0 radical (unpaired) electrons. The summed E-state index contributed by atoms with van der Waals surface area (Å²) in [5, 5.41) is 12.4. The lowest BCUT2D eigenvalue weighted by Crippen LogP contribution is -2.53. The van der Waals surface area contributed by atoms with E-state index in [2.05, 4.69) is 5.32 Å². The van der Waals surface area contributed by atoms with Crippen LogP contribution in [0.2, 0.25) is 0 Å². The van der Waals surface area contributed by atoms with Gasteiger partial charge in [-0.3, -0.25) is 14.5 Å². The zero-order chi connectivity index (χ0) is 13.2. The second-order valence-electron chi connectivity index (χ2n) is 5.45. The van der Waals surface area contributed by atoms with Crippen LogP contribution in [0.4, 0.5) is 0 Å². The molecule has 2 N–H and O–H groups in total. The standard InChI is InChI=1S/C13H22N2O3/c1-2-6-13(12(17)18)7-3-8-15(13)9-11(16)14-10-4-5-10/h10H,2-9H2,1H3,(H,14,16)(H,17,18). The van der Waals surface area contributed by atoms with E-state index in [1.54, 1.807) is 0 Å². The van der Waals surface area contributed by atoms with Crippen LogP contribution >= 0.6 is 0 Å². The first-order valence-electron chi connectivity index (χ1n) is 6.86. The van der Waals surface area contributed by atoms with Gasteiger partial charge in [0.15, 0.2) is 0 Å². The predicted octanol–water partition coefficient (Wildman–Crippen LogP) is 0.984.